The highest BCUT2D eigenvalue weighted by molar-refractivity contribution is 5.51. The highest BCUT2D eigenvalue weighted by Gasteiger charge is 2.24. The number of aliphatic hydroxyl groups excluding tert-OH is 1. The van der Waals surface area contributed by atoms with Crippen LogP contribution in [0.15, 0.2) is 18.2 Å². The van der Waals surface area contributed by atoms with Crippen molar-refractivity contribution in [1.82, 2.24) is 0 Å². The van der Waals surface area contributed by atoms with Crippen molar-refractivity contribution in [3.8, 4) is 12.3 Å². The van der Waals surface area contributed by atoms with Crippen LogP contribution in [-0.2, 0) is 6.61 Å². The second-order valence-electron chi connectivity index (χ2n) is 4.80. The second-order valence-corrected chi connectivity index (χ2v) is 4.80. The summed E-state index contributed by atoms with van der Waals surface area (Å²) in [6.45, 7) is 3.85. The second kappa shape index (κ2) is 5.25. The van der Waals surface area contributed by atoms with Crippen LogP contribution in [0, 0.1) is 25.2 Å². The third kappa shape index (κ3) is 3.01. The molecule has 0 aromatic heterocycles. The van der Waals surface area contributed by atoms with E-state index in [1.54, 1.807) is 0 Å². The molecule has 0 aliphatic heterocycles. The number of hydrogen-bond donors (Lipinski definition) is 1. The molecule has 1 aliphatic rings. The van der Waals surface area contributed by atoms with E-state index in [0.29, 0.717) is 6.54 Å². The van der Waals surface area contributed by atoms with Crippen LogP contribution in [0.4, 0.5) is 5.69 Å². The van der Waals surface area contributed by atoms with Crippen LogP contribution < -0.4 is 4.90 Å². The lowest BCUT2D eigenvalue weighted by atomic mass is 10.1. The lowest BCUT2D eigenvalue weighted by molar-refractivity contribution is 0.281. The third-order valence-electron chi connectivity index (χ3n) is 3.32. The summed E-state index contributed by atoms with van der Waals surface area (Å²) >= 11 is 0. The molecule has 1 saturated carbocycles. The highest BCUT2D eigenvalue weighted by Crippen LogP contribution is 2.31. The van der Waals surface area contributed by atoms with Crippen molar-refractivity contribution in [3.05, 3.63) is 29.3 Å². The molecule has 1 N–H and O–H groups in total. The van der Waals surface area contributed by atoms with Gasteiger partial charge < -0.3 is 10.0 Å². The summed E-state index contributed by atoms with van der Waals surface area (Å²) in [7, 11) is 0. The maximum atomic E-state index is 9.16. The smallest absolute Gasteiger partial charge is 0.0791 e. The minimum absolute atomic E-state index is 0.101. The van der Waals surface area contributed by atoms with Crippen molar-refractivity contribution in [3.63, 3.8) is 0 Å². The van der Waals surface area contributed by atoms with E-state index in [0.717, 1.165) is 23.6 Å². The Morgan fingerprint density at radius 3 is 2.76 bits per heavy atom. The first-order valence-corrected chi connectivity index (χ1v) is 6.13. The number of benzene rings is 1. The van der Waals surface area contributed by atoms with Crippen molar-refractivity contribution in [2.24, 2.45) is 5.92 Å². The maximum absolute atomic E-state index is 9.16. The Bertz CT molecular complexity index is 429. The van der Waals surface area contributed by atoms with Gasteiger partial charge in [0.1, 0.15) is 0 Å². The first-order valence-electron chi connectivity index (χ1n) is 6.13. The van der Waals surface area contributed by atoms with Gasteiger partial charge in [0, 0.05) is 12.2 Å². The van der Waals surface area contributed by atoms with Gasteiger partial charge in [-0.15, -0.1) is 6.42 Å². The van der Waals surface area contributed by atoms with Crippen molar-refractivity contribution in [2.75, 3.05) is 18.0 Å². The summed E-state index contributed by atoms with van der Waals surface area (Å²) in [6, 6.07) is 6.16. The molecule has 2 rings (SSSR count). The fourth-order valence-electron chi connectivity index (χ4n) is 2.04. The molecule has 1 aliphatic carbocycles. The minimum Gasteiger partial charge on any atom is -0.392 e. The molecule has 0 unspecified atom stereocenters. The lowest BCUT2D eigenvalue weighted by Crippen LogP contribution is -2.26. The van der Waals surface area contributed by atoms with Crippen LogP contribution in [0.3, 0.4) is 0 Å². The number of aryl methyl sites for hydroxylation is 1. The van der Waals surface area contributed by atoms with Crippen LogP contribution in [-0.4, -0.2) is 18.2 Å². The molecule has 1 fully saturated rings. The van der Waals surface area contributed by atoms with Gasteiger partial charge in [-0.1, -0.05) is 12.0 Å². The van der Waals surface area contributed by atoms with Crippen LogP contribution >= 0.6 is 0 Å². The molecule has 0 saturated heterocycles. The minimum atomic E-state index is 0.101. The predicted octanol–water partition coefficient (Wildman–Crippen LogP) is 2.34. The predicted molar refractivity (Wildman–Crippen MR) is 70.9 cm³/mol. The Labute approximate surface area is 103 Å². The van der Waals surface area contributed by atoms with Crippen LogP contribution in [0.25, 0.3) is 0 Å². The SMILES string of the molecule is C#CCN(CC1CC1)c1ccc(CO)c(C)c1. The molecular formula is C15H19NO. The van der Waals surface area contributed by atoms with Crippen LogP contribution in [0.1, 0.15) is 24.0 Å². The van der Waals surface area contributed by atoms with Crippen molar-refractivity contribution < 1.29 is 5.11 Å². The summed E-state index contributed by atoms with van der Waals surface area (Å²) in [5.74, 6) is 3.54. The molecule has 0 radical (unpaired) electrons. The van der Waals surface area contributed by atoms with E-state index >= 15 is 0 Å². The Morgan fingerprint density at radius 2 is 2.24 bits per heavy atom. The molecule has 0 atom stereocenters. The van der Waals surface area contributed by atoms with Gasteiger partial charge in [0.05, 0.1) is 13.2 Å². The van der Waals surface area contributed by atoms with E-state index in [2.05, 4.69) is 23.0 Å². The molecule has 0 bridgehead atoms. The van der Waals surface area contributed by atoms with Gasteiger partial charge in [-0.3, -0.25) is 0 Å². The van der Waals surface area contributed by atoms with E-state index in [9.17, 15) is 0 Å². The van der Waals surface area contributed by atoms with E-state index in [1.165, 1.54) is 18.5 Å². The number of hydrogen-bond acceptors (Lipinski definition) is 2. The number of anilines is 1. The van der Waals surface area contributed by atoms with Crippen molar-refractivity contribution in [1.29, 1.82) is 0 Å². The fraction of sp³-hybridized carbons (Fsp3) is 0.467. The first kappa shape index (κ1) is 12.0. The summed E-state index contributed by atoms with van der Waals surface area (Å²) in [4.78, 5) is 2.26. The molecule has 90 valence electrons. The van der Waals surface area contributed by atoms with E-state index < -0.39 is 0 Å². The Morgan fingerprint density at radius 1 is 1.47 bits per heavy atom. The van der Waals surface area contributed by atoms with Crippen molar-refractivity contribution in [2.45, 2.75) is 26.4 Å². The topological polar surface area (TPSA) is 23.5 Å². The van der Waals surface area contributed by atoms with Crippen LogP contribution in [0.5, 0.6) is 0 Å². The molecule has 0 amide bonds. The van der Waals surface area contributed by atoms with Crippen molar-refractivity contribution >= 4 is 5.69 Å². The summed E-state index contributed by atoms with van der Waals surface area (Å²) in [6.07, 6.45) is 8.08. The number of nitrogens with zero attached hydrogens (tertiary/aromatic N) is 1. The van der Waals surface area contributed by atoms with Gasteiger partial charge >= 0.3 is 0 Å². The molecular weight excluding hydrogens is 210 g/mol. The largest absolute Gasteiger partial charge is 0.392 e. The first-order chi connectivity index (χ1) is 8.24. The molecule has 0 spiro atoms. The van der Waals surface area contributed by atoms with E-state index in [1.807, 2.05) is 13.0 Å². The maximum Gasteiger partial charge on any atom is 0.0791 e. The Kier molecular flexibility index (Phi) is 3.71. The molecule has 2 heteroatoms. The number of terminal acetylenes is 1. The molecule has 0 heterocycles. The zero-order chi connectivity index (χ0) is 12.3. The van der Waals surface area contributed by atoms with Gasteiger partial charge in [-0.05, 0) is 48.9 Å². The zero-order valence-electron chi connectivity index (χ0n) is 10.3. The summed E-state index contributed by atoms with van der Waals surface area (Å²) in [5.41, 5.74) is 3.29. The Hall–Kier alpha value is -1.46. The fourth-order valence-corrected chi connectivity index (χ4v) is 2.04. The van der Waals surface area contributed by atoms with Crippen LogP contribution in [0.2, 0.25) is 0 Å². The van der Waals surface area contributed by atoms with Gasteiger partial charge in [-0.2, -0.15) is 0 Å². The highest BCUT2D eigenvalue weighted by atomic mass is 16.3. The molecule has 1 aromatic rings. The normalized spacial score (nSPS) is 14.4. The average molecular weight is 229 g/mol. The third-order valence-corrected chi connectivity index (χ3v) is 3.32. The number of aliphatic hydroxyl groups is 1. The average Bonchev–Trinajstić information content (AvgIpc) is 3.12. The van der Waals surface area contributed by atoms with Gasteiger partial charge in [0.15, 0.2) is 0 Å². The molecule has 17 heavy (non-hydrogen) atoms. The van der Waals surface area contributed by atoms with Gasteiger partial charge in [0.2, 0.25) is 0 Å². The molecule has 2 nitrogen and oxygen atoms in total. The molecule has 1 aromatic carbocycles. The van der Waals surface area contributed by atoms with Gasteiger partial charge in [-0.25, -0.2) is 0 Å². The van der Waals surface area contributed by atoms with E-state index in [-0.39, 0.29) is 6.61 Å². The lowest BCUT2D eigenvalue weighted by Gasteiger charge is -2.23. The number of rotatable bonds is 5. The van der Waals surface area contributed by atoms with E-state index in [4.69, 9.17) is 11.5 Å². The quantitative estimate of drug-likeness (QED) is 0.783. The van der Waals surface area contributed by atoms with Gasteiger partial charge in [0.25, 0.3) is 0 Å². The monoisotopic (exact) mass is 229 g/mol. The standard InChI is InChI=1S/C15H19NO/c1-3-8-16(10-13-4-5-13)15-7-6-14(11-17)12(2)9-15/h1,6-7,9,13,17H,4-5,8,10-11H2,2H3. The Balaban J connectivity index is 2.16. The summed E-state index contributed by atoms with van der Waals surface area (Å²) < 4.78 is 0. The zero-order valence-corrected chi connectivity index (χ0v) is 10.3. The summed E-state index contributed by atoms with van der Waals surface area (Å²) in [5, 5.41) is 9.16.